The van der Waals surface area contributed by atoms with Crippen LogP contribution in [0.4, 0.5) is 4.39 Å². The number of unbranched alkanes of at least 4 members (excludes halogenated alkanes) is 11. The molecule has 1 aliphatic heterocycles. The van der Waals surface area contributed by atoms with Crippen LogP contribution in [0.1, 0.15) is 121 Å². The average molecular weight is 498 g/mol. The van der Waals surface area contributed by atoms with Crippen LogP contribution in [0.5, 0.6) is 0 Å². The Kier molecular flexibility index (Phi) is 13.5. The van der Waals surface area contributed by atoms with Crippen molar-refractivity contribution in [1.82, 2.24) is 4.98 Å². The molecule has 0 atom stereocenters. The Bertz CT molecular complexity index is 846. The second kappa shape index (κ2) is 16.9. The molecule has 0 bridgehead atoms. The molecule has 3 rings (SSSR count). The zero-order valence-electron chi connectivity index (χ0n) is 22.8. The lowest BCUT2D eigenvalue weighted by Crippen LogP contribution is -2.27. The Hall–Kier alpha value is -1.78. The molecule has 200 valence electrons. The van der Waals surface area contributed by atoms with E-state index in [0.29, 0.717) is 5.92 Å². The summed E-state index contributed by atoms with van der Waals surface area (Å²) in [5, 5.41) is 0. The van der Waals surface area contributed by atoms with Gasteiger partial charge in [0.05, 0.1) is 18.9 Å². The Morgan fingerprint density at radius 2 is 1.42 bits per heavy atom. The largest absolute Gasteiger partial charge is 0.348 e. The molecule has 3 nitrogen and oxygen atoms in total. The molecule has 1 aliphatic rings. The van der Waals surface area contributed by atoms with Gasteiger partial charge in [0, 0.05) is 23.2 Å². The van der Waals surface area contributed by atoms with Crippen molar-refractivity contribution in [2.24, 2.45) is 5.92 Å². The van der Waals surface area contributed by atoms with E-state index in [2.05, 4.69) is 18.8 Å². The minimum absolute atomic E-state index is 0.125. The van der Waals surface area contributed by atoms with Crippen molar-refractivity contribution < 1.29 is 13.9 Å². The van der Waals surface area contributed by atoms with E-state index in [4.69, 9.17) is 9.47 Å². The number of benzene rings is 1. The number of ether oxygens (including phenoxy) is 2. The maximum Gasteiger partial charge on any atom is 0.185 e. The van der Waals surface area contributed by atoms with Gasteiger partial charge in [-0.05, 0) is 37.0 Å². The molecule has 1 aromatic heterocycles. The molecular weight excluding hydrogens is 449 g/mol. The molecule has 0 amide bonds. The predicted molar refractivity (Wildman–Crippen MR) is 147 cm³/mol. The van der Waals surface area contributed by atoms with Crippen molar-refractivity contribution in [3.8, 4) is 11.3 Å². The Morgan fingerprint density at radius 3 is 2.03 bits per heavy atom. The van der Waals surface area contributed by atoms with Crippen LogP contribution in [0.3, 0.4) is 0 Å². The van der Waals surface area contributed by atoms with E-state index in [1.807, 2.05) is 24.3 Å². The highest BCUT2D eigenvalue weighted by molar-refractivity contribution is 5.59. The minimum atomic E-state index is -0.353. The molecule has 2 aromatic rings. The molecule has 0 radical (unpaired) electrons. The summed E-state index contributed by atoms with van der Waals surface area (Å²) in [6, 6.07) is 9.47. The summed E-state index contributed by atoms with van der Waals surface area (Å²) in [5.74, 6) is 0.363. The molecule has 0 N–H and O–H groups in total. The predicted octanol–water partition coefficient (Wildman–Crippen LogP) is 9.59. The van der Waals surface area contributed by atoms with E-state index >= 15 is 0 Å². The van der Waals surface area contributed by atoms with Crippen LogP contribution in [0.2, 0.25) is 0 Å². The van der Waals surface area contributed by atoms with Gasteiger partial charge in [-0.15, -0.1) is 0 Å². The lowest BCUT2D eigenvalue weighted by Gasteiger charge is -2.29. The van der Waals surface area contributed by atoms with Gasteiger partial charge in [-0.2, -0.15) is 0 Å². The molecule has 4 heteroatoms. The average Bonchev–Trinajstić information content (AvgIpc) is 2.91. The molecule has 1 aromatic carbocycles. The van der Waals surface area contributed by atoms with Crippen molar-refractivity contribution in [2.45, 2.75) is 116 Å². The van der Waals surface area contributed by atoms with Gasteiger partial charge in [0.25, 0.3) is 0 Å². The number of rotatable bonds is 17. The van der Waals surface area contributed by atoms with Crippen molar-refractivity contribution >= 4 is 0 Å². The summed E-state index contributed by atoms with van der Waals surface area (Å²) < 4.78 is 26.7. The third-order valence-corrected chi connectivity index (χ3v) is 7.39. The monoisotopic (exact) mass is 497 g/mol. The summed E-state index contributed by atoms with van der Waals surface area (Å²) in [6.07, 6.45) is 20.1. The lowest BCUT2D eigenvalue weighted by molar-refractivity contribution is -0.206. The first-order chi connectivity index (χ1) is 17.7. The number of aromatic nitrogens is 1. The van der Waals surface area contributed by atoms with Crippen LogP contribution in [-0.2, 0) is 15.9 Å². The Morgan fingerprint density at radius 1 is 0.778 bits per heavy atom. The number of hydrogen-bond donors (Lipinski definition) is 0. The molecule has 2 heterocycles. The first-order valence-electron chi connectivity index (χ1n) is 14.7. The van der Waals surface area contributed by atoms with Gasteiger partial charge in [0.15, 0.2) is 6.29 Å². The van der Waals surface area contributed by atoms with E-state index in [1.165, 1.54) is 83.5 Å². The fraction of sp³-hybridized carbons (Fsp3) is 0.656. The topological polar surface area (TPSA) is 31.4 Å². The number of hydrogen-bond acceptors (Lipinski definition) is 3. The Balaban J connectivity index is 1.40. The van der Waals surface area contributed by atoms with Crippen LogP contribution < -0.4 is 0 Å². The zero-order valence-corrected chi connectivity index (χ0v) is 22.8. The van der Waals surface area contributed by atoms with Crippen LogP contribution in [0.15, 0.2) is 36.5 Å². The molecule has 0 spiro atoms. The standard InChI is InChI=1S/C32H48FNO2/c1-3-5-7-9-11-13-15-17-27-18-19-28(22-30(27)33)31-21-20-29(23-34-31)32-35-24-26(25-36-32)16-14-12-10-8-6-4-2/h18-23,26,32H,3-17,24-25H2,1-2H3/t26-,32-. The lowest BCUT2D eigenvalue weighted by atomic mass is 10.0. The second-order valence-corrected chi connectivity index (χ2v) is 10.6. The van der Waals surface area contributed by atoms with Crippen molar-refractivity contribution in [3.05, 3.63) is 53.5 Å². The molecule has 0 saturated carbocycles. The van der Waals surface area contributed by atoms with Gasteiger partial charge < -0.3 is 9.47 Å². The molecule has 0 aliphatic carbocycles. The fourth-order valence-electron chi connectivity index (χ4n) is 5.01. The number of halogens is 1. The Labute approximate surface area is 219 Å². The molecular formula is C32H48FNO2. The maximum atomic E-state index is 14.7. The van der Waals surface area contributed by atoms with Crippen molar-refractivity contribution in [3.63, 3.8) is 0 Å². The highest BCUT2D eigenvalue weighted by Gasteiger charge is 2.23. The van der Waals surface area contributed by atoms with E-state index in [0.717, 1.165) is 48.4 Å². The SMILES string of the molecule is CCCCCCCCCc1ccc(-c2ccc([C@H]3OC[C@H](CCCCCCCC)CO3)cn2)cc1F. The number of aryl methyl sites for hydroxylation is 1. The molecule has 0 unspecified atom stereocenters. The summed E-state index contributed by atoms with van der Waals surface area (Å²) >= 11 is 0. The van der Waals surface area contributed by atoms with Gasteiger partial charge in [0.1, 0.15) is 5.82 Å². The van der Waals surface area contributed by atoms with Gasteiger partial charge in [-0.3, -0.25) is 4.98 Å². The van der Waals surface area contributed by atoms with E-state index in [9.17, 15) is 4.39 Å². The third-order valence-electron chi connectivity index (χ3n) is 7.39. The molecule has 1 saturated heterocycles. The minimum Gasteiger partial charge on any atom is -0.348 e. The van der Waals surface area contributed by atoms with Crippen LogP contribution in [0, 0.1) is 11.7 Å². The van der Waals surface area contributed by atoms with Crippen molar-refractivity contribution in [2.75, 3.05) is 13.2 Å². The summed E-state index contributed by atoms with van der Waals surface area (Å²) in [5.41, 5.74) is 3.32. The molecule has 36 heavy (non-hydrogen) atoms. The van der Waals surface area contributed by atoms with Crippen LogP contribution in [-0.4, -0.2) is 18.2 Å². The summed E-state index contributed by atoms with van der Waals surface area (Å²) in [6.45, 7) is 5.98. The summed E-state index contributed by atoms with van der Waals surface area (Å²) in [4.78, 5) is 4.58. The van der Waals surface area contributed by atoms with Gasteiger partial charge in [-0.25, -0.2) is 4.39 Å². The van der Waals surface area contributed by atoms with Gasteiger partial charge in [-0.1, -0.05) is 109 Å². The zero-order chi connectivity index (χ0) is 25.4. The van der Waals surface area contributed by atoms with E-state index < -0.39 is 0 Å². The normalized spacial score (nSPS) is 18.0. The third kappa shape index (κ3) is 9.94. The maximum absolute atomic E-state index is 14.7. The molecule has 1 fully saturated rings. The number of pyridine rings is 1. The van der Waals surface area contributed by atoms with Crippen molar-refractivity contribution in [1.29, 1.82) is 0 Å². The number of nitrogens with zero attached hydrogens (tertiary/aromatic N) is 1. The first kappa shape index (κ1) is 28.8. The van der Waals surface area contributed by atoms with Crippen LogP contribution >= 0.6 is 0 Å². The highest BCUT2D eigenvalue weighted by Crippen LogP contribution is 2.29. The highest BCUT2D eigenvalue weighted by atomic mass is 19.1. The fourth-order valence-corrected chi connectivity index (χ4v) is 5.01. The van der Waals surface area contributed by atoms with E-state index in [1.54, 1.807) is 12.3 Å². The smallest absolute Gasteiger partial charge is 0.185 e. The van der Waals surface area contributed by atoms with Gasteiger partial charge in [0.2, 0.25) is 0 Å². The summed E-state index contributed by atoms with van der Waals surface area (Å²) in [7, 11) is 0. The first-order valence-corrected chi connectivity index (χ1v) is 14.7. The van der Waals surface area contributed by atoms with Crippen LogP contribution in [0.25, 0.3) is 11.3 Å². The second-order valence-electron chi connectivity index (χ2n) is 10.6. The van der Waals surface area contributed by atoms with E-state index in [-0.39, 0.29) is 12.1 Å². The quantitative estimate of drug-likeness (QED) is 0.204. The van der Waals surface area contributed by atoms with Gasteiger partial charge >= 0.3 is 0 Å².